The summed E-state index contributed by atoms with van der Waals surface area (Å²) >= 11 is 0. The molecule has 0 aliphatic carbocycles. The van der Waals surface area contributed by atoms with Gasteiger partial charge >= 0.3 is 12.1 Å². The summed E-state index contributed by atoms with van der Waals surface area (Å²) < 4.78 is 11.1. The molecule has 2 aromatic heterocycles. The highest BCUT2D eigenvalue weighted by molar-refractivity contribution is 5.89. The highest BCUT2D eigenvalue weighted by Gasteiger charge is 2.26. The van der Waals surface area contributed by atoms with Crippen molar-refractivity contribution in [3.63, 3.8) is 0 Å². The van der Waals surface area contributed by atoms with Gasteiger partial charge in [-0.1, -0.05) is 18.2 Å². The van der Waals surface area contributed by atoms with Gasteiger partial charge in [0.1, 0.15) is 16.9 Å². The SMILES string of the molecule is CC(C)(C)OC(=O)N1CCN(c2ncc(NC(=O)NCc3cc4ccccc4o3)cn2)CC1. The molecule has 0 unspecified atom stereocenters. The number of rotatable bonds is 4. The number of piperazine rings is 1. The van der Waals surface area contributed by atoms with E-state index < -0.39 is 5.60 Å². The van der Waals surface area contributed by atoms with Crippen molar-refractivity contribution in [2.75, 3.05) is 36.4 Å². The normalized spacial score (nSPS) is 14.3. The van der Waals surface area contributed by atoms with Gasteiger partial charge in [0.05, 0.1) is 24.6 Å². The van der Waals surface area contributed by atoms with Crippen LogP contribution < -0.4 is 15.5 Å². The summed E-state index contributed by atoms with van der Waals surface area (Å²) in [4.78, 5) is 36.8. The van der Waals surface area contributed by atoms with Crippen LogP contribution >= 0.6 is 0 Å². The number of nitrogens with zero attached hydrogens (tertiary/aromatic N) is 4. The van der Waals surface area contributed by atoms with E-state index in [1.165, 1.54) is 0 Å². The number of ether oxygens (including phenoxy) is 1. The first-order chi connectivity index (χ1) is 15.8. The summed E-state index contributed by atoms with van der Waals surface area (Å²) in [6.07, 6.45) is 2.81. The van der Waals surface area contributed by atoms with Crippen LogP contribution in [-0.2, 0) is 11.3 Å². The Morgan fingerprint density at radius 1 is 1.09 bits per heavy atom. The lowest BCUT2D eigenvalue weighted by molar-refractivity contribution is 0.0240. The van der Waals surface area contributed by atoms with Crippen LogP contribution in [0.4, 0.5) is 21.2 Å². The van der Waals surface area contributed by atoms with E-state index in [1.54, 1.807) is 17.3 Å². The van der Waals surface area contributed by atoms with Gasteiger partial charge in [-0.25, -0.2) is 19.6 Å². The Bertz CT molecular complexity index is 1080. The Morgan fingerprint density at radius 3 is 2.45 bits per heavy atom. The minimum Gasteiger partial charge on any atom is -0.459 e. The zero-order valence-electron chi connectivity index (χ0n) is 19.0. The molecule has 174 valence electrons. The molecule has 0 spiro atoms. The van der Waals surface area contributed by atoms with Crippen LogP contribution in [-0.4, -0.2) is 58.8 Å². The molecular weight excluding hydrogens is 424 g/mol. The number of fused-ring (bicyclic) bond motifs is 1. The van der Waals surface area contributed by atoms with E-state index >= 15 is 0 Å². The molecule has 0 bridgehead atoms. The third-order valence-corrected chi connectivity index (χ3v) is 5.01. The molecule has 4 rings (SSSR count). The Balaban J connectivity index is 1.24. The van der Waals surface area contributed by atoms with E-state index in [9.17, 15) is 9.59 Å². The number of hydrogen-bond acceptors (Lipinski definition) is 7. The summed E-state index contributed by atoms with van der Waals surface area (Å²) in [6.45, 7) is 8.08. The molecule has 1 aliphatic rings. The van der Waals surface area contributed by atoms with Gasteiger partial charge in [0.2, 0.25) is 5.95 Å². The lowest BCUT2D eigenvalue weighted by Gasteiger charge is -2.35. The van der Waals surface area contributed by atoms with E-state index in [2.05, 4.69) is 20.6 Å². The summed E-state index contributed by atoms with van der Waals surface area (Å²) in [6, 6.07) is 9.20. The summed E-state index contributed by atoms with van der Waals surface area (Å²) in [5.74, 6) is 1.22. The molecule has 3 amide bonds. The number of urea groups is 1. The maximum atomic E-state index is 12.2. The monoisotopic (exact) mass is 452 g/mol. The summed E-state index contributed by atoms with van der Waals surface area (Å²) in [5.41, 5.74) is 0.747. The van der Waals surface area contributed by atoms with Gasteiger partial charge in [-0.05, 0) is 32.9 Å². The largest absolute Gasteiger partial charge is 0.459 e. The highest BCUT2D eigenvalue weighted by Crippen LogP contribution is 2.19. The van der Waals surface area contributed by atoms with Crippen LogP contribution in [0.1, 0.15) is 26.5 Å². The number of aromatic nitrogens is 2. The molecule has 33 heavy (non-hydrogen) atoms. The van der Waals surface area contributed by atoms with Crippen molar-refractivity contribution in [3.8, 4) is 0 Å². The van der Waals surface area contributed by atoms with Crippen molar-refractivity contribution in [3.05, 3.63) is 48.5 Å². The fraction of sp³-hybridized carbons (Fsp3) is 0.391. The van der Waals surface area contributed by atoms with E-state index in [-0.39, 0.29) is 18.7 Å². The number of hydrogen-bond donors (Lipinski definition) is 2. The number of nitrogens with one attached hydrogen (secondary N) is 2. The second-order valence-corrected chi connectivity index (χ2v) is 8.78. The van der Waals surface area contributed by atoms with Crippen LogP contribution in [0.3, 0.4) is 0 Å². The Kier molecular flexibility index (Phi) is 6.34. The first-order valence-electron chi connectivity index (χ1n) is 10.8. The average molecular weight is 453 g/mol. The van der Waals surface area contributed by atoms with Gasteiger partial charge in [0.15, 0.2) is 0 Å². The maximum Gasteiger partial charge on any atom is 0.410 e. The van der Waals surface area contributed by atoms with E-state index in [0.717, 1.165) is 11.0 Å². The van der Waals surface area contributed by atoms with Crippen LogP contribution in [0, 0.1) is 0 Å². The molecule has 1 aromatic carbocycles. The Hall–Kier alpha value is -3.82. The molecule has 0 atom stereocenters. The minimum absolute atomic E-state index is 0.265. The first-order valence-corrected chi connectivity index (χ1v) is 10.8. The smallest absolute Gasteiger partial charge is 0.410 e. The van der Waals surface area contributed by atoms with Gasteiger partial charge in [-0.3, -0.25) is 0 Å². The second kappa shape index (κ2) is 9.35. The first kappa shape index (κ1) is 22.4. The predicted molar refractivity (Wildman–Crippen MR) is 124 cm³/mol. The minimum atomic E-state index is -0.515. The van der Waals surface area contributed by atoms with Crippen LogP contribution in [0.2, 0.25) is 0 Å². The van der Waals surface area contributed by atoms with Crippen LogP contribution in [0.15, 0.2) is 47.1 Å². The van der Waals surface area contributed by atoms with E-state index in [0.29, 0.717) is 43.6 Å². The Morgan fingerprint density at radius 2 is 1.79 bits per heavy atom. The van der Waals surface area contributed by atoms with Crippen molar-refractivity contribution in [1.82, 2.24) is 20.2 Å². The Labute approximate surface area is 191 Å². The van der Waals surface area contributed by atoms with Crippen molar-refractivity contribution in [2.45, 2.75) is 32.9 Å². The molecule has 2 N–H and O–H groups in total. The molecular formula is C23H28N6O4. The average Bonchev–Trinajstić information content (AvgIpc) is 3.20. The number of furan rings is 1. The van der Waals surface area contributed by atoms with Gasteiger partial charge in [-0.2, -0.15) is 0 Å². The van der Waals surface area contributed by atoms with Gasteiger partial charge in [0.25, 0.3) is 0 Å². The zero-order valence-corrected chi connectivity index (χ0v) is 19.0. The molecule has 3 aromatic rings. The van der Waals surface area contributed by atoms with Crippen LogP contribution in [0.5, 0.6) is 0 Å². The van der Waals surface area contributed by atoms with Gasteiger partial charge < -0.3 is 29.6 Å². The van der Waals surface area contributed by atoms with Gasteiger partial charge in [0, 0.05) is 31.6 Å². The lowest BCUT2D eigenvalue weighted by Crippen LogP contribution is -2.50. The fourth-order valence-electron chi connectivity index (χ4n) is 3.43. The standard InChI is InChI=1S/C23H28N6O4/c1-23(2,3)33-22(31)29-10-8-28(9-11-29)20-24-13-17(14-25-20)27-21(30)26-15-18-12-16-6-4-5-7-19(16)32-18/h4-7,12-14H,8-11,15H2,1-3H3,(H2,26,27,30). The quantitative estimate of drug-likeness (QED) is 0.622. The zero-order chi connectivity index (χ0) is 23.4. The molecule has 0 radical (unpaired) electrons. The predicted octanol–water partition coefficient (Wildman–Crippen LogP) is 3.60. The number of carbonyl (C=O) groups excluding carboxylic acids is 2. The van der Waals surface area contributed by atoms with Crippen molar-refractivity contribution < 1.29 is 18.7 Å². The molecule has 1 saturated heterocycles. The third-order valence-electron chi connectivity index (χ3n) is 5.01. The second-order valence-electron chi connectivity index (χ2n) is 8.78. The molecule has 3 heterocycles. The van der Waals surface area contributed by atoms with Crippen molar-refractivity contribution in [2.24, 2.45) is 0 Å². The molecule has 0 saturated carbocycles. The van der Waals surface area contributed by atoms with Crippen molar-refractivity contribution >= 4 is 34.7 Å². The van der Waals surface area contributed by atoms with E-state index in [4.69, 9.17) is 9.15 Å². The third kappa shape index (κ3) is 5.91. The molecule has 1 aliphatic heterocycles. The fourth-order valence-corrected chi connectivity index (χ4v) is 3.43. The van der Waals surface area contributed by atoms with Gasteiger partial charge in [-0.15, -0.1) is 0 Å². The van der Waals surface area contributed by atoms with Crippen LogP contribution in [0.25, 0.3) is 11.0 Å². The van der Waals surface area contributed by atoms with E-state index in [1.807, 2.05) is 56.0 Å². The number of amides is 3. The molecule has 10 nitrogen and oxygen atoms in total. The summed E-state index contributed by atoms with van der Waals surface area (Å²) in [5, 5.41) is 6.47. The topological polar surface area (TPSA) is 113 Å². The number of para-hydroxylation sites is 1. The molecule has 1 fully saturated rings. The number of anilines is 2. The maximum absolute atomic E-state index is 12.2. The summed E-state index contributed by atoms with van der Waals surface area (Å²) in [7, 11) is 0. The number of carbonyl (C=O) groups is 2. The highest BCUT2D eigenvalue weighted by atomic mass is 16.6. The molecule has 10 heteroatoms. The number of benzene rings is 1. The lowest BCUT2D eigenvalue weighted by atomic mass is 10.2. The van der Waals surface area contributed by atoms with Crippen molar-refractivity contribution in [1.29, 1.82) is 0 Å².